The second-order valence-corrected chi connectivity index (χ2v) is 11.0. The van der Waals surface area contributed by atoms with Crippen molar-refractivity contribution in [3.05, 3.63) is 59.7 Å². The SMILES string of the molecule is CSCC[C@H](NC(=O)[C@@H](NC(=O)OCC1c2ccccc2-c2ccccc21)[C@@H](C)OC(C)(C)C)C(=O)O. The standard InChI is InChI=1S/C28H36N2O6S/c1-17(36-28(2,3)4)24(25(31)29-23(26(32)33)14-15-37-5)30-27(34)35-16-22-20-12-8-6-10-18(20)19-11-7-9-13-21(19)22/h6-13,17,22-24H,14-16H2,1-5H3,(H,29,31)(H,30,34)(H,32,33)/t17-,23+,24+/m1/s1. The molecule has 2 aromatic carbocycles. The number of fused-ring (bicyclic) bond motifs is 3. The molecule has 0 fully saturated rings. The molecular formula is C28H36N2O6S. The molecule has 37 heavy (non-hydrogen) atoms. The molecule has 3 rings (SSSR count). The van der Waals surface area contributed by atoms with Crippen molar-refractivity contribution in [2.75, 3.05) is 18.6 Å². The molecule has 0 saturated carbocycles. The molecule has 2 aromatic rings. The average Bonchev–Trinajstić information content (AvgIpc) is 3.16. The van der Waals surface area contributed by atoms with Gasteiger partial charge >= 0.3 is 12.1 Å². The van der Waals surface area contributed by atoms with Crippen LogP contribution in [0, 0.1) is 0 Å². The lowest BCUT2D eigenvalue weighted by Crippen LogP contribution is -2.57. The lowest BCUT2D eigenvalue weighted by atomic mass is 9.98. The summed E-state index contributed by atoms with van der Waals surface area (Å²) < 4.78 is 11.5. The van der Waals surface area contributed by atoms with Gasteiger partial charge in [-0.25, -0.2) is 9.59 Å². The van der Waals surface area contributed by atoms with E-state index >= 15 is 0 Å². The summed E-state index contributed by atoms with van der Waals surface area (Å²) in [7, 11) is 0. The monoisotopic (exact) mass is 528 g/mol. The Morgan fingerprint density at radius 3 is 2.08 bits per heavy atom. The van der Waals surface area contributed by atoms with Gasteiger partial charge in [-0.05, 0) is 68.4 Å². The van der Waals surface area contributed by atoms with E-state index in [-0.39, 0.29) is 18.9 Å². The quantitative estimate of drug-likeness (QED) is 0.396. The van der Waals surface area contributed by atoms with Crippen LogP contribution in [0.15, 0.2) is 48.5 Å². The van der Waals surface area contributed by atoms with Crippen molar-refractivity contribution in [2.45, 2.75) is 63.8 Å². The van der Waals surface area contributed by atoms with Gasteiger partial charge in [-0.2, -0.15) is 11.8 Å². The first kappa shape index (κ1) is 28.5. The fourth-order valence-corrected chi connectivity index (χ4v) is 5.01. The van der Waals surface area contributed by atoms with Gasteiger partial charge in [0, 0.05) is 5.92 Å². The molecule has 0 spiro atoms. The van der Waals surface area contributed by atoms with E-state index in [1.165, 1.54) is 11.8 Å². The number of thioether (sulfide) groups is 1. The zero-order chi connectivity index (χ0) is 27.2. The Morgan fingerprint density at radius 2 is 1.57 bits per heavy atom. The van der Waals surface area contributed by atoms with E-state index in [9.17, 15) is 19.5 Å². The molecule has 0 aromatic heterocycles. The maximum absolute atomic E-state index is 13.1. The second kappa shape index (κ2) is 12.5. The number of rotatable bonds is 11. The first-order valence-corrected chi connectivity index (χ1v) is 13.7. The molecule has 1 aliphatic rings. The Balaban J connectivity index is 1.72. The third-order valence-electron chi connectivity index (χ3n) is 6.13. The van der Waals surface area contributed by atoms with Crippen molar-refractivity contribution in [3.63, 3.8) is 0 Å². The number of carbonyl (C=O) groups is 3. The average molecular weight is 529 g/mol. The Bertz CT molecular complexity index is 1070. The number of carboxylic acid groups (broad SMARTS) is 1. The highest BCUT2D eigenvalue weighted by atomic mass is 32.2. The molecule has 3 atom stereocenters. The van der Waals surface area contributed by atoms with Crippen molar-refractivity contribution >= 4 is 29.7 Å². The molecule has 200 valence electrons. The highest BCUT2D eigenvalue weighted by molar-refractivity contribution is 7.98. The van der Waals surface area contributed by atoms with Crippen LogP contribution in [-0.2, 0) is 19.1 Å². The highest BCUT2D eigenvalue weighted by Crippen LogP contribution is 2.44. The minimum absolute atomic E-state index is 0.0915. The maximum Gasteiger partial charge on any atom is 0.407 e. The van der Waals surface area contributed by atoms with Gasteiger partial charge in [0.15, 0.2) is 0 Å². The smallest absolute Gasteiger partial charge is 0.407 e. The molecular weight excluding hydrogens is 492 g/mol. The van der Waals surface area contributed by atoms with Gasteiger partial charge in [0.2, 0.25) is 5.91 Å². The Morgan fingerprint density at radius 1 is 1.00 bits per heavy atom. The van der Waals surface area contributed by atoms with Crippen LogP contribution in [0.2, 0.25) is 0 Å². The van der Waals surface area contributed by atoms with Crippen LogP contribution in [0.25, 0.3) is 11.1 Å². The normalized spacial score (nSPS) is 15.2. The first-order valence-electron chi connectivity index (χ1n) is 12.3. The number of benzene rings is 2. The van der Waals surface area contributed by atoms with Crippen molar-refractivity contribution in [1.29, 1.82) is 0 Å². The number of nitrogens with one attached hydrogen (secondary N) is 2. The zero-order valence-electron chi connectivity index (χ0n) is 21.9. The van der Waals surface area contributed by atoms with E-state index in [1.54, 1.807) is 6.92 Å². The molecule has 9 heteroatoms. The molecule has 1 aliphatic carbocycles. The van der Waals surface area contributed by atoms with E-state index in [2.05, 4.69) is 22.8 Å². The van der Waals surface area contributed by atoms with E-state index in [4.69, 9.17) is 9.47 Å². The number of hydrogen-bond donors (Lipinski definition) is 3. The van der Waals surface area contributed by atoms with Gasteiger partial charge in [0.1, 0.15) is 18.7 Å². The summed E-state index contributed by atoms with van der Waals surface area (Å²) in [6, 6.07) is 13.8. The molecule has 0 saturated heterocycles. The summed E-state index contributed by atoms with van der Waals surface area (Å²) >= 11 is 1.49. The maximum atomic E-state index is 13.1. The topological polar surface area (TPSA) is 114 Å². The number of carbonyl (C=O) groups excluding carboxylic acids is 2. The van der Waals surface area contributed by atoms with Crippen molar-refractivity contribution in [3.8, 4) is 11.1 Å². The Kier molecular flexibility index (Phi) is 9.62. The lowest BCUT2D eigenvalue weighted by Gasteiger charge is -2.31. The van der Waals surface area contributed by atoms with E-state index in [0.29, 0.717) is 5.75 Å². The van der Waals surface area contributed by atoms with Crippen LogP contribution in [0.4, 0.5) is 4.79 Å². The van der Waals surface area contributed by atoms with Gasteiger partial charge in [-0.1, -0.05) is 48.5 Å². The van der Waals surface area contributed by atoms with Gasteiger partial charge in [-0.3, -0.25) is 4.79 Å². The van der Waals surface area contributed by atoms with Crippen molar-refractivity contribution in [1.82, 2.24) is 10.6 Å². The van der Waals surface area contributed by atoms with Gasteiger partial charge in [0.05, 0.1) is 11.7 Å². The first-order chi connectivity index (χ1) is 17.5. The minimum atomic E-state index is -1.15. The largest absolute Gasteiger partial charge is 0.480 e. The highest BCUT2D eigenvalue weighted by Gasteiger charge is 2.34. The van der Waals surface area contributed by atoms with Crippen LogP contribution in [0.5, 0.6) is 0 Å². The summed E-state index contributed by atoms with van der Waals surface area (Å²) in [6.07, 6.45) is 0.605. The van der Waals surface area contributed by atoms with Crippen molar-refractivity contribution in [2.24, 2.45) is 0 Å². The number of alkyl carbamates (subject to hydrolysis) is 1. The minimum Gasteiger partial charge on any atom is -0.480 e. The lowest BCUT2D eigenvalue weighted by molar-refractivity contribution is -0.143. The number of hydrogen-bond acceptors (Lipinski definition) is 6. The summed E-state index contributed by atoms with van der Waals surface area (Å²) in [5, 5.41) is 14.7. The molecule has 8 nitrogen and oxygen atoms in total. The van der Waals surface area contributed by atoms with Crippen LogP contribution in [0.3, 0.4) is 0 Å². The summed E-state index contributed by atoms with van der Waals surface area (Å²) in [4.78, 5) is 37.7. The van der Waals surface area contributed by atoms with Gasteiger partial charge in [0.25, 0.3) is 0 Å². The van der Waals surface area contributed by atoms with Crippen LogP contribution >= 0.6 is 11.8 Å². The fourth-order valence-electron chi connectivity index (χ4n) is 4.54. The molecule has 0 heterocycles. The van der Waals surface area contributed by atoms with E-state index in [0.717, 1.165) is 22.3 Å². The van der Waals surface area contributed by atoms with Crippen LogP contribution < -0.4 is 10.6 Å². The summed E-state index contributed by atoms with van der Waals surface area (Å²) in [5.74, 6) is -1.34. The Hall–Kier alpha value is -3.04. The van der Waals surface area contributed by atoms with Crippen LogP contribution in [0.1, 0.15) is 51.2 Å². The second-order valence-electron chi connectivity index (χ2n) is 10.1. The third kappa shape index (κ3) is 7.49. The van der Waals surface area contributed by atoms with Crippen molar-refractivity contribution < 1.29 is 29.0 Å². The Labute approximate surface area is 222 Å². The number of ether oxygens (including phenoxy) is 2. The third-order valence-corrected chi connectivity index (χ3v) is 6.78. The van der Waals surface area contributed by atoms with Gasteiger partial charge < -0.3 is 25.2 Å². The molecule has 3 N–H and O–H groups in total. The van der Waals surface area contributed by atoms with Gasteiger partial charge in [-0.15, -0.1) is 0 Å². The molecule has 0 bridgehead atoms. The van der Waals surface area contributed by atoms with E-state index < -0.39 is 41.8 Å². The molecule has 0 radical (unpaired) electrons. The molecule has 2 amide bonds. The van der Waals surface area contributed by atoms with Crippen LogP contribution in [-0.4, -0.2) is 65.5 Å². The predicted octanol–water partition coefficient (Wildman–Crippen LogP) is 4.42. The number of carboxylic acids is 1. The summed E-state index contributed by atoms with van der Waals surface area (Å²) in [6.45, 7) is 7.27. The predicted molar refractivity (Wildman–Crippen MR) is 145 cm³/mol. The van der Waals surface area contributed by atoms with E-state index in [1.807, 2.05) is 63.4 Å². The zero-order valence-corrected chi connectivity index (χ0v) is 22.8. The fraction of sp³-hybridized carbons (Fsp3) is 0.464. The number of aliphatic carboxylic acids is 1. The molecule has 0 unspecified atom stereocenters. The molecule has 0 aliphatic heterocycles. The number of amides is 2. The summed E-state index contributed by atoms with van der Waals surface area (Å²) in [5.41, 5.74) is 3.79.